The van der Waals surface area contributed by atoms with Gasteiger partial charge in [0.1, 0.15) is 0 Å². The summed E-state index contributed by atoms with van der Waals surface area (Å²) in [6.45, 7) is 0. The molecule has 1 atom stereocenters. The first-order chi connectivity index (χ1) is 9.26. The van der Waals surface area contributed by atoms with E-state index < -0.39 is 0 Å². The maximum absolute atomic E-state index is 3.72. The first-order valence-electron chi connectivity index (χ1n) is 6.45. The van der Waals surface area contributed by atoms with Gasteiger partial charge in [0, 0.05) is 15.5 Å². The Labute approximate surface area is 136 Å². The van der Waals surface area contributed by atoms with E-state index in [0.717, 1.165) is 0 Å². The number of hydrogen-bond donors (Lipinski definition) is 1. The second-order valence-corrected chi connectivity index (χ2v) is 8.66. The predicted molar refractivity (Wildman–Crippen MR) is 94.6 cm³/mol. The molecule has 0 spiro atoms. The van der Waals surface area contributed by atoms with E-state index in [1.165, 1.54) is 38.3 Å². The van der Waals surface area contributed by atoms with E-state index in [-0.39, 0.29) is 0 Å². The first kappa shape index (κ1) is 13.8. The van der Waals surface area contributed by atoms with E-state index in [0.29, 0.717) is 6.04 Å². The Kier molecular flexibility index (Phi) is 4.39. The Bertz CT molecular complexity index is 579. The van der Waals surface area contributed by atoms with Crippen molar-refractivity contribution < 1.29 is 0 Å². The molecule has 1 nitrogen and oxygen atoms in total. The molecule has 0 saturated carbocycles. The Morgan fingerprint density at radius 2 is 2.26 bits per heavy atom. The van der Waals surface area contributed by atoms with Crippen LogP contribution in [0, 0.1) is 2.88 Å². The van der Waals surface area contributed by atoms with Crippen LogP contribution >= 0.6 is 45.7 Å². The minimum atomic E-state index is 0.487. The lowest BCUT2D eigenvalue weighted by molar-refractivity contribution is 0.608. The van der Waals surface area contributed by atoms with Crippen LogP contribution in [0.3, 0.4) is 0 Å². The summed E-state index contributed by atoms with van der Waals surface area (Å²) in [5.41, 5.74) is 2.76. The van der Waals surface area contributed by atoms with E-state index in [1.807, 2.05) is 11.3 Å². The Hall–Kier alpha value is -0.200. The molecule has 0 radical (unpaired) electrons. The van der Waals surface area contributed by atoms with Crippen LogP contribution < -0.4 is 5.32 Å². The van der Waals surface area contributed by atoms with Crippen LogP contribution in [0.5, 0.6) is 0 Å². The summed E-state index contributed by atoms with van der Waals surface area (Å²) in [5, 5.41) is 3.72. The predicted octanol–water partition coefficient (Wildman–Crippen LogP) is 5.56. The molecule has 1 aromatic heterocycles. The van der Waals surface area contributed by atoms with Gasteiger partial charge in [0.15, 0.2) is 0 Å². The zero-order valence-corrected chi connectivity index (χ0v) is 14.6. The summed E-state index contributed by atoms with van der Waals surface area (Å²) in [5.74, 6) is 0. The van der Waals surface area contributed by atoms with Gasteiger partial charge in [-0.05, 0) is 77.9 Å². The lowest BCUT2D eigenvalue weighted by Gasteiger charge is -2.24. The molecule has 1 aliphatic carbocycles. The number of aryl methyl sites for hydroxylation is 1. The third kappa shape index (κ3) is 3.11. The third-order valence-electron chi connectivity index (χ3n) is 3.49. The van der Waals surface area contributed by atoms with Gasteiger partial charge in [-0.3, -0.25) is 0 Å². The fourth-order valence-corrected chi connectivity index (χ4v) is 5.16. The third-order valence-corrected chi connectivity index (χ3v) is 6.19. The molecule has 3 rings (SSSR count). The molecule has 0 aliphatic heterocycles. The summed E-state index contributed by atoms with van der Waals surface area (Å²) in [7, 11) is 0. The largest absolute Gasteiger partial charge is 0.378 e. The van der Waals surface area contributed by atoms with Crippen LogP contribution in [0.2, 0.25) is 0 Å². The topological polar surface area (TPSA) is 12.0 Å². The maximum Gasteiger partial charge on any atom is 0.0660 e. The molecular formula is C15H16INS2. The van der Waals surface area contributed by atoms with Crippen LogP contribution in [-0.4, -0.2) is 6.26 Å². The van der Waals surface area contributed by atoms with Gasteiger partial charge in [0.2, 0.25) is 0 Å². The molecule has 1 N–H and O–H groups in total. The molecule has 0 saturated heterocycles. The average molecular weight is 401 g/mol. The van der Waals surface area contributed by atoms with Crippen LogP contribution in [0.1, 0.15) is 29.3 Å². The van der Waals surface area contributed by atoms with Crippen molar-refractivity contribution in [3.05, 3.63) is 43.7 Å². The van der Waals surface area contributed by atoms with Crippen LogP contribution in [-0.2, 0) is 6.42 Å². The molecule has 2 aromatic rings. The van der Waals surface area contributed by atoms with Gasteiger partial charge < -0.3 is 5.32 Å². The van der Waals surface area contributed by atoms with Crippen molar-refractivity contribution in [2.75, 3.05) is 11.6 Å². The molecule has 0 amide bonds. The second-order valence-electron chi connectivity index (χ2n) is 4.75. The number of halogens is 1. The highest BCUT2D eigenvalue weighted by Crippen LogP contribution is 2.38. The summed E-state index contributed by atoms with van der Waals surface area (Å²) < 4.78 is 1.41. The van der Waals surface area contributed by atoms with Crippen LogP contribution in [0.4, 0.5) is 5.69 Å². The molecule has 1 aliphatic rings. The molecule has 1 heterocycles. The quantitative estimate of drug-likeness (QED) is 0.534. The monoisotopic (exact) mass is 401 g/mol. The summed E-state index contributed by atoms with van der Waals surface area (Å²) in [4.78, 5) is 2.90. The van der Waals surface area contributed by atoms with Crippen molar-refractivity contribution in [2.45, 2.75) is 30.2 Å². The molecule has 4 heteroatoms. The van der Waals surface area contributed by atoms with Gasteiger partial charge in [0.05, 0.1) is 8.93 Å². The number of fused-ring (bicyclic) bond motifs is 1. The van der Waals surface area contributed by atoms with Gasteiger partial charge in [-0.15, -0.1) is 23.1 Å². The molecule has 0 bridgehead atoms. The number of thioether (sulfide) groups is 1. The first-order valence-corrected chi connectivity index (χ1v) is 9.57. The number of nitrogens with one attached hydrogen (secondary N) is 1. The van der Waals surface area contributed by atoms with Crippen molar-refractivity contribution in [1.29, 1.82) is 0 Å². The molecule has 19 heavy (non-hydrogen) atoms. The molecule has 100 valence electrons. The average Bonchev–Trinajstić information content (AvgIpc) is 2.80. The summed E-state index contributed by atoms with van der Waals surface area (Å²) in [6, 6.07) is 11.6. The SMILES string of the molecule is CSc1cccc(NC2CCCc3sc(I)cc32)c1. The van der Waals surface area contributed by atoms with E-state index in [4.69, 9.17) is 0 Å². The summed E-state index contributed by atoms with van der Waals surface area (Å²) in [6.07, 6.45) is 5.91. The van der Waals surface area contributed by atoms with Crippen molar-refractivity contribution in [3.8, 4) is 0 Å². The molecular weight excluding hydrogens is 385 g/mol. The molecule has 0 fully saturated rings. The molecule has 1 unspecified atom stereocenters. The zero-order valence-electron chi connectivity index (χ0n) is 10.8. The van der Waals surface area contributed by atoms with Gasteiger partial charge in [-0.2, -0.15) is 0 Å². The summed E-state index contributed by atoms with van der Waals surface area (Å²) >= 11 is 6.19. The van der Waals surface area contributed by atoms with Crippen molar-refractivity contribution >= 4 is 51.4 Å². The fraction of sp³-hybridized carbons (Fsp3) is 0.333. The van der Waals surface area contributed by atoms with E-state index in [2.05, 4.69) is 64.5 Å². The second kappa shape index (κ2) is 6.06. The highest BCUT2D eigenvalue weighted by molar-refractivity contribution is 14.1. The number of hydrogen-bond acceptors (Lipinski definition) is 3. The highest BCUT2D eigenvalue weighted by atomic mass is 127. The van der Waals surface area contributed by atoms with Crippen molar-refractivity contribution in [2.24, 2.45) is 0 Å². The van der Waals surface area contributed by atoms with Crippen molar-refractivity contribution in [3.63, 3.8) is 0 Å². The number of anilines is 1. The highest BCUT2D eigenvalue weighted by Gasteiger charge is 2.22. The zero-order chi connectivity index (χ0) is 13.2. The van der Waals surface area contributed by atoms with Crippen LogP contribution in [0.15, 0.2) is 35.2 Å². The number of thiophene rings is 1. The maximum atomic E-state index is 3.72. The van der Waals surface area contributed by atoms with Gasteiger partial charge in [-0.25, -0.2) is 0 Å². The minimum Gasteiger partial charge on any atom is -0.378 e. The lowest BCUT2D eigenvalue weighted by Crippen LogP contribution is -2.15. The van der Waals surface area contributed by atoms with E-state index >= 15 is 0 Å². The standard InChI is InChI=1S/C15H16INS2/c1-18-11-5-2-4-10(8-11)17-13-6-3-7-14-12(13)9-15(16)19-14/h2,4-5,8-9,13,17H,3,6-7H2,1H3. The van der Waals surface area contributed by atoms with E-state index in [9.17, 15) is 0 Å². The smallest absolute Gasteiger partial charge is 0.0660 e. The van der Waals surface area contributed by atoms with Crippen molar-refractivity contribution in [1.82, 2.24) is 0 Å². The minimum absolute atomic E-state index is 0.487. The fourth-order valence-electron chi connectivity index (χ4n) is 2.59. The van der Waals surface area contributed by atoms with Crippen LogP contribution in [0.25, 0.3) is 0 Å². The Balaban J connectivity index is 1.83. The normalized spacial score (nSPS) is 18.1. The number of rotatable bonds is 3. The van der Waals surface area contributed by atoms with Gasteiger partial charge >= 0.3 is 0 Å². The Morgan fingerprint density at radius 1 is 1.37 bits per heavy atom. The number of benzene rings is 1. The van der Waals surface area contributed by atoms with Gasteiger partial charge in [0.25, 0.3) is 0 Å². The van der Waals surface area contributed by atoms with Gasteiger partial charge in [-0.1, -0.05) is 6.07 Å². The Morgan fingerprint density at radius 3 is 3.11 bits per heavy atom. The molecule has 1 aromatic carbocycles. The van der Waals surface area contributed by atoms with E-state index in [1.54, 1.807) is 16.6 Å². The lowest BCUT2D eigenvalue weighted by atomic mass is 9.94.